The maximum Gasteiger partial charge on any atom is 0.325 e. The quantitative estimate of drug-likeness (QED) is 0.602. The molecule has 9 nitrogen and oxygen atoms in total. The van der Waals surface area contributed by atoms with Crippen LogP contribution in [0.4, 0.5) is 10.5 Å². The molecule has 1 aromatic rings. The van der Waals surface area contributed by atoms with Crippen LogP contribution >= 0.6 is 0 Å². The average Bonchev–Trinajstić information content (AvgIpc) is 2.97. The number of sulfonamides is 1. The predicted molar refractivity (Wildman–Crippen MR) is 121 cm³/mol. The lowest BCUT2D eigenvalue weighted by Gasteiger charge is -2.36. The highest BCUT2D eigenvalue weighted by atomic mass is 32.2. The molecule has 1 aliphatic carbocycles. The van der Waals surface area contributed by atoms with Gasteiger partial charge in [-0.3, -0.25) is 14.5 Å². The van der Waals surface area contributed by atoms with Crippen molar-refractivity contribution in [3.8, 4) is 0 Å². The Labute approximate surface area is 189 Å². The van der Waals surface area contributed by atoms with Gasteiger partial charge in [0.1, 0.15) is 12.1 Å². The van der Waals surface area contributed by atoms with Gasteiger partial charge in [0.2, 0.25) is 15.9 Å². The minimum absolute atomic E-state index is 0.00460. The van der Waals surface area contributed by atoms with E-state index in [-0.39, 0.29) is 16.7 Å². The fourth-order valence-corrected chi connectivity index (χ4v) is 6.07. The van der Waals surface area contributed by atoms with Crippen LogP contribution in [0.25, 0.3) is 0 Å². The smallest absolute Gasteiger partial charge is 0.324 e. The van der Waals surface area contributed by atoms with Crippen LogP contribution in [0, 0.1) is 12.8 Å². The van der Waals surface area contributed by atoms with Crippen LogP contribution < -0.4 is 10.6 Å². The van der Waals surface area contributed by atoms with Gasteiger partial charge in [0.05, 0.1) is 4.90 Å². The number of aryl methyl sites for hydroxylation is 1. The van der Waals surface area contributed by atoms with E-state index in [1.165, 1.54) is 16.4 Å². The van der Waals surface area contributed by atoms with Gasteiger partial charge in [-0.2, -0.15) is 4.31 Å². The van der Waals surface area contributed by atoms with Crippen molar-refractivity contribution in [3.05, 3.63) is 23.8 Å². The molecule has 2 N–H and O–H groups in total. The van der Waals surface area contributed by atoms with Crippen molar-refractivity contribution < 1.29 is 22.8 Å². The standard InChI is InChI=1S/C22H32N4O5S/c1-5-25(6-2)32(30,31)17-11-10-15(3)18(13-17)23-19(27)14-26-20(28)22(24-21(26)29)12-8-7-9-16(22)4/h10-11,13,16H,5-9,12,14H2,1-4H3,(H,23,27)(H,24,29)/t16-,22+/m0/s1. The van der Waals surface area contributed by atoms with Crippen molar-refractivity contribution in [3.63, 3.8) is 0 Å². The molecule has 10 heteroatoms. The number of carbonyl (C=O) groups is 3. The number of anilines is 1. The monoisotopic (exact) mass is 464 g/mol. The van der Waals surface area contributed by atoms with E-state index in [1.54, 1.807) is 26.8 Å². The van der Waals surface area contributed by atoms with E-state index in [2.05, 4.69) is 10.6 Å². The van der Waals surface area contributed by atoms with Gasteiger partial charge in [-0.05, 0) is 43.4 Å². The fourth-order valence-electron chi connectivity index (χ4n) is 4.58. The van der Waals surface area contributed by atoms with Crippen molar-refractivity contribution in [1.82, 2.24) is 14.5 Å². The normalized spacial score (nSPS) is 23.7. The van der Waals surface area contributed by atoms with Gasteiger partial charge in [-0.1, -0.05) is 39.7 Å². The second-order valence-corrected chi connectivity index (χ2v) is 10.5. The molecule has 4 amide bonds. The highest BCUT2D eigenvalue weighted by molar-refractivity contribution is 7.89. The molecule has 3 rings (SSSR count). The van der Waals surface area contributed by atoms with E-state index >= 15 is 0 Å². The minimum atomic E-state index is -3.69. The largest absolute Gasteiger partial charge is 0.325 e. The van der Waals surface area contributed by atoms with E-state index in [4.69, 9.17) is 0 Å². The van der Waals surface area contributed by atoms with Crippen molar-refractivity contribution in [1.29, 1.82) is 0 Å². The molecule has 2 fully saturated rings. The minimum Gasteiger partial charge on any atom is -0.324 e. The molecular formula is C22H32N4O5S. The van der Waals surface area contributed by atoms with Crippen molar-refractivity contribution >= 4 is 33.6 Å². The summed E-state index contributed by atoms with van der Waals surface area (Å²) in [6, 6.07) is 3.98. The number of carbonyl (C=O) groups excluding carboxylic acids is 3. The summed E-state index contributed by atoms with van der Waals surface area (Å²) in [5, 5.41) is 5.50. The molecule has 1 spiro atoms. The molecule has 1 aromatic carbocycles. The molecule has 2 aliphatic rings. The molecule has 0 aromatic heterocycles. The lowest BCUT2D eigenvalue weighted by molar-refractivity contribution is -0.136. The summed E-state index contributed by atoms with van der Waals surface area (Å²) in [6.07, 6.45) is 3.28. The van der Waals surface area contributed by atoms with Crippen LogP contribution in [0.3, 0.4) is 0 Å². The zero-order chi connectivity index (χ0) is 23.7. The van der Waals surface area contributed by atoms with E-state index in [9.17, 15) is 22.8 Å². The van der Waals surface area contributed by atoms with Crippen LogP contribution in [-0.2, 0) is 19.6 Å². The van der Waals surface area contributed by atoms with Gasteiger partial charge in [0.15, 0.2) is 0 Å². The Kier molecular flexibility index (Phi) is 6.94. The van der Waals surface area contributed by atoms with Crippen molar-refractivity contribution in [2.24, 2.45) is 5.92 Å². The van der Waals surface area contributed by atoms with Gasteiger partial charge in [0, 0.05) is 18.8 Å². The summed E-state index contributed by atoms with van der Waals surface area (Å²) in [5.74, 6) is -0.918. The molecule has 1 heterocycles. The Bertz CT molecular complexity index is 1020. The number of imide groups is 1. The number of nitrogens with zero attached hydrogens (tertiary/aromatic N) is 2. The van der Waals surface area contributed by atoms with Gasteiger partial charge < -0.3 is 10.6 Å². The first kappa shape index (κ1) is 24.2. The number of rotatable bonds is 7. The highest BCUT2D eigenvalue weighted by Gasteiger charge is 2.55. The van der Waals surface area contributed by atoms with E-state index < -0.39 is 34.0 Å². The fraction of sp³-hybridized carbons (Fsp3) is 0.591. The van der Waals surface area contributed by atoms with Gasteiger partial charge >= 0.3 is 6.03 Å². The Balaban J connectivity index is 1.77. The maximum absolute atomic E-state index is 13.1. The molecule has 1 saturated heterocycles. The summed E-state index contributed by atoms with van der Waals surface area (Å²) in [5.41, 5.74) is 0.0750. The predicted octanol–water partition coefficient (Wildman–Crippen LogP) is 2.46. The molecule has 1 saturated carbocycles. The Morgan fingerprint density at radius 2 is 1.94 bits per heavy atom. The van der Waals surface area contributed by atoms with Crippen LogP contribution in [0.1, 0.15) is 52.0 Å². The Morgan fingerprint density at radius 3 is 2.56 bits per heavy atom. The van der Waals surface area contributed by atoms with Crippen molar-refractivity contribution in [2.75, 3.05) is 25.0 Å². The van der Waals surface area contributed by atoms with Gasteiger partial charge in [-0.15, -0.1) is 0 Å². The first-order chi connectivity index (χ1) is 15.1. The summed E-state index contributed by atoms with van der Waals surface area (Å²) in [4.78, 5) is 39.3. The summed E-state index contributed by atoms with van der Waals surface area (Å²) < 4.78 is 27.0. The summed E-state index contributed by atoms with van der Waals surface area (Å²) in [6.45, 7) is 7.46. The molecular weight excluding hydrogens is 432 g/mol. The topological polar surface area (TPSA) is 116 Å². The number of urea groups is 1. The molecule has 0 radical (unpaired) electrons. The first-order valence-corrected chi connectivity index (χ1v) is 12.6. The van der Waals surface area contributed by atoms with E-state index in [1.807, 2.05) is 6.92 Å². The third-order valence-electron chi connectivity index (χ3n) is 6.63. The second-order valence-electron chi connectivity index (χ2n) is 8.55. The van der Waals surface area contributed by atoms with E-state index in [0.29, 0.717) is 30.8 Å². The molecule has 1 aliphatic heterocycles. The molecule has 2 atom stereocenters. The van der Waals surface area contributed by atoms with Crippen LogP contribution in [0.2, 0.25) is 0 Å². The molecule has 0 unspecified atom stereocenters. The van der Waals surface area contributed by atoms with Crippen LogP contribution in [0.15, 0.2) is 23.1 Å². The number of nitrogens with one attached hydrogen (secondary N) is 2. The number of amides is 4. The molecule has 176 valence electrons. The number of benzene rings is 1. The molecule has 32 heavy (non-hydrogen) atoms. The Morgan fingerprint density at radius 1 is 1.25 bits per heavy atom. The van der Waals surface area contributed by atoms with Crippen LogP contribution in [-0.4, -0.2) is 60.6 Å². The first-order valence-electron chi connectivity index (χ1n) is 11.1. The highest BCUT2D eigenvalue weighted by Crippen LogP contribution is 2.38. The van der Waals surface area contributed by atoms with Gasteiger partial charge in [-0.25, -0.2) is 13.2 Å². The number of hydrogen-bond acceptors (Lipinski definition) is 5. The van der Waals surface area contributed by atoms with Gasteiger partial charge in [0.25, 0.3) is 5.91 Å². The molecule has 0 bridgehead atoms. The summed E-state index contributed by atoms with van der Waals surface area (Å²) in [7, 11) is -3.69. The Hall–Kier alpha value is -2.46. The second kappa shape index (κ2) is 9.19. The van der Waals surface area contributed by atoms with E-state index in [0.717, 1.165) is 24.2 Å². The van der Waals surface area contributed by atoms with Crippen LogP contribution in [0.5, 0.6) is 0 Å². The third-order valence-corrected chi connectivity index (χ3v) is 8.68. The lowest BCUT2D eigenvalue weighted by atomic mass is 9.73. The zero-order valence-electron chi connectivity index (χ0n) is 19.1. The average molecular weight is 465 g/mol. The third kappa shape index (κ3) is 4.25. The summed E-state index contributed by atoms with van der Waals surface area (Å²) >= 11 is 0. The maximum atomic E-state index is 13.1. The number of hydrogen-bond donors (Lipinski definition) is 2. The zero-order valence-corrected chi connectivity index (χ0v) is 19.9. The lowest BCUT2D eigenvalue weighted by Crippen LogP contribution is -2.54. The van der Waals surface area contributed by atoms with Crippen molar-refractivity contribution in [2.45, 2.75) is 63.8 Å². The SMILES string of the molecule is CCN(CC)S(=O)(=O)c1ccc(C)c(NC(=O)CN2C(=O)N[C@@]3(CCCC[C@@H]3C)C2=O)c1.